The molecule has 0 saturated carbocycles. The summed E-state index contributed by atoms with van der Waals surface area (Å²) in [6.07, 6.45) is 5.12. The zero-order valence-electron chi connectivity index (χ0n) is 11.0. The van der Waals surface area contributed by atoms with Crippen molar-refractivity contribution < 1.29 is 18.3 Å². The second kappa shape index (κ2) is 5.81. The highest BCUT2D eigenvalue weighted by molar-refractivity contribution is 5.82. The first-order valence-electron chi connectivity index (χ1n) is 5.59. The lowest BCUT2D eigenvalue weighted by Crippen LogP contribution is -2.48. The van der Waals surface area contributed by atoms with Crippen molar-refractivity contribution in [2.24, 2.45) is 0 Å². The standard InChI is InChI=1S/C14H15F2NO2/c1-5-6-17-14(3,13(18)19-4)10-8-11(15)9(2)7-12(10)16/h1,7-8,17H,6H2,2-4H3. The first-order valence-corrected chi connectivity index (χ1v) is 5.59. The van der Waals surface area contributed by atoms with Gasteiger partial charge >= 0.3 is 5.97 Å². The van der Waals surface area contributed by atoms with Crippen LogP contribution in [0.4, 0.5) is 8.78 Å². The molecule has 1 unspecified atom stereocenters. The maximum atomic E-state index is 14.0. The second-order valence-corrected chi connectivity index (χ2v) is 4.26. The van der Waals surface area contributed by atoms with E-state index in [0.29, 0.717) is 0 Å². The van der Waals surface area contributed by atoms with E-state index in [1.807, 2.05) is 0 Å². The number of esters is 1. The average Bonchev–Trinajstić information content (AvgIpc) is 2.39. The van der Waals surface area contributed by atoms with Gasteiger partial charge in [0, 0.05) is 5.56 Å². The summed E-state index contributed by atoms with van der Waals surface area (Å²) in [5.74, 6) is 0.236. The van der Waals surface area contributed by atoms with Crippen LogP contribution in [0.25, 0.3) is 0 Å². The molecule has 1 aromatic rings. The third-order valence-electron chi connectivity index (χ3n) is 2.92. The Labute approximate surface area is 111 Å². The minimum atomic E-state index is -1.54. The Balaban J connectivity index is 3.37. The zero-order valence-corrected chi connectivity index (χ0v) is 11.0. The summed E-state index contributed by atoms with van der Waals surface area (Å²) >= 11 is 0. The van der Waals surface area contributed by atoms with Gasteiger partial charge in [-0.25, -0.2) is 13.6 Å². The van der Waals surface area contributed by atoms with Crippen LogP contribution >= 0.6 is 0 Å². The molecule has 0 amide bonds. The molecule has 0 bridgehead atoms. The topological polar surface area (TPSA) is 38.3 Å². The van der Waals surface area contributed by atoms with Gasteiger partial charge in [-0.15, -0.1) is 6.42 Å². The number of carbonyl (C=O) groups is 1. The van der Waals surface area contributed by atoms with Crippen LogP contribution in [0.2, 0.25) is 0 Å². The lowest BCUT2D eigenvalue weighted by atomic mass is 9.90. The number of halogens is 2. The Kier molecular flexibility index (Phi) is 4.62. The molecule has 0 aliphatic carbocycles. The third kappa shape index (κ3) is 2.91. The second-order valence-electron chi connectivity index (χ2n) is 4.26. The van der Waals surface area contributed by atoms with Crippen LogP contribution < -0.4 is 5.32 Å². The van der Waals surface area contributed by atoms with Crippen molar-refractivity contribution in [3.8, 4) is 12.3 Å². The van der Waals surface area contributed by atoms with Gasteiger partial charge in [-0.05, 0) is 31.5 Å². The first-order chi connectivity index (χ1) is 8.86. The predicted octanol–water partition coefficient (Wildman–Crippen LogP) is 1.88. The van der Waals surface area contributed by atoms with Crippen LogP contribution in [0.15, 0.2) is 12.1 Å². The third-order valence-corrected chi connectivity index (χ3v) is 2.92. The summed E-state index contributed by atoms with van der Waals surface area (Å²) < 4.78 is 32.2. The van der Waals surface area contributed by atoms with E-state index in [1.54, 1.807) is 0 Å². The highest BCUT2D eigenvalue weighted by atomic mass is 19.1. The minimum Gasteiger partial charge on any atom is -0.467 e. The van der Waals surface area contributed by atoms with Gasteiger partial charge in [-0.3, -0.25) is 5.32 Å². The summed E-state index contributed by atoms with van der Waals surface area (Å²) in [6, 6.07) is 2.01. The summed E-state index contributed by atoms with van der Waals surface area (Å²) in [5, 5.41) is 2.68. The quantitative estimate of drug-likeness (QED) is 0.668. The average molecular weight is 267 g/mol. The molecule has 1 N–H and O–H groups in total. The number of benzene rings is 1. The molecule has 5 heteroatoms. The Morgan fingerprint density at radius 2 is 2.11 bits per heavy atom. The number of rotatable bonds is 4. The van der Waals surface area contributed by atoms with Crippen LogP contribution in [0.5, 0.6) is 0 Å². The Bertz CT molecular complexity index is 537. The number of carbonyl (C=O) groups excluding carboxylic acids is 1. The summed E-state index contributed by atoms with van der Waals surface area (Å²) in [4.78, 5) is 11.8. The molecule has 0 heterocycles. The van der Waals surface area contributed by atoms with Crippen LogP contribution in [0.1, 0.15) is 18.1 Å². The Hall–Kier alpha value is -1.93. The summed E-state index contributed by atoms with van der Waals surface area (Å²) in [6.45, 7) is 2.84. The molecule has 19 heavy (non-hydrogen) atoms. The lowest BCUT2D eigenvalue weighted by molar-refractivity contribution is -0.148. The highest BCUT2D eigenvalue weighted by Crippen LogP contribution is 2.27. The monoisotopic (exact) mass is 267 g/mol. The largest absolute Gasteiger partial charge is 0.467 e. The SMILES string of the molecule is C#CCNC(C)(C(=O)OC)c1cc(F)c(C)cc1F. The van der Waals surface area contributed by atoms with E-state index in [2.05, 4.69) is 16.0 Å². The number of aryl methyl sites for hydroxylation is 1. The number of methoxy groups -OCH3 is 1. The van der Waals surface area contributed by atoms with Crippen molar-refractivity contribution in [3.05, 3.63) is 34.9 Å². The van der Waals surface area contributed by atoms with Crippen molar-refractivity contribution in [2.45, 2.75) is 19.4 Å². The molecule has 0 aromatic heterocycles. The van der Waals surface area contributed by atoms with Gasteiger partial charge in [0.15, 0.2) is 0 Å². The molecule has 0 fully saturated rings. The maximum absolute atomic E-state index is 14.0. The zero-order chi connectivity index (χ0) is 14.6. The van der Waals surface area contributed by atoms with Crippen LogP contribution in [0.3, 0.4) is 0 Å². The smallest absolute Gasteiger partial charge is 0.330 e. The number of nitrogens with one attached hydrogen (secondary N) is 1. The van der Waals surface area contributed by atoms with Gasteiger partial charge in [0.25, 0.3) is 0 Å². The van der Waals surface area contributed by atoms with Gasteiger partial charge in [0.2, 0.25) is 0 Å². The number of hydrogen-bond acceptors (Lipinski definition) is 3. The molecule has 3 nitrogen and oxygen atoms in total. The van der Waals surface area contributed by atoms with Crippen molar-refractivity contribution >= 4 is 5.97 Å². The fourth-order valence-corrected chi connectivity index (χ4v) is 1.74. The number of terminal acetylenes is 1. The normalized spacial score (nSPS) is 13.5. The van der Waals surface area contributed by atoms with E-state index in [1.165, 1.54) is 21.0 Å². The van der Waals surface area contributed by atoms with E-state index >= 15 is 0 Å². The van der Waals surface area contributed by atoms with E-state index in [4.69, 9.17) is 6.42 Å². The van der Waals surface area contributed by atoms with Gasteiger partial charge in [-0.1, -0.05) is 5.92 Å². The molecule has 1 aromatic carbocycles. The van der Waals surface area contributed by atoms with Crippen molar-refractivity contribution in [1.29, 1.82) is 0 Å². The molecule has 0 aliphatic heterocycles. The van der Waals surface area contributed by atoms with Crippen LogP contribution in [0, 0.1) is 30.9 Å². The molecule has 102 valence electrons. The molecule has 1 rings (SSSR count). The fraction of sp³-hybridized carbons (Fsp3) is 0.357. The first kappa shape index (κ1) is 15.1. The van der Waals surface area contributed by atoms with Crippen LogP contribution in [-0.2, 0) is 15.1 Å². The fourth-order valence-electron chi connectivity index (χ4n) is 1.74. The lowest BCUT2D eigenvalue weighted by Gasteiger charge is -2.28. The van der Waals surface area contributed by atoms with Crippen molar-refractivity contribution in [1.82, 2.24) is 5.32 Å². The van der Waals surface area contributed by atoms with Crippen molar-refractivity contribution in [3.63, 3.8) is 0 Å². The Morgan fingerprint density at radius 3 is 2.63 bits per heavy atom. The molecular weight excluding hydrogens is 252 g/mol. The predicted molar refractivity (Wildman–Crippen MR) is 67.3 cm³/mol. The van der Waals surface area contributed by atoms with E-state index in [9.17, 15) is 13.6 Å². The molecule has 0 spiro atoms. The van der Waals surface area contributed by atoms with Crippen LogP contribution in [-0.4, -0.2) is 19.6 Å². The van der Waals surface area contributed by atoms with Gasteiger partial charge in [0.05, 0.1) is 13.7 Å². The van der Waals surface area contributed by atoms with Gasteiger partial charge in [0.1, 0.15) is 17.2 Å². The highest BCUT2D eigenvalue weighted by Gasteiger charge is 2.38. The molecule has 0 saturated heterocycles. The molecular formula is C14H15F2NO2. The van der Waals surface area contributed by atoms with Gasteiger partial charge < -0.3 is 4.74 Å². The number of hydrogen-bond donors (Lipinski definition) is 1. The minimum absolute atomic E-state index is 0.0144. The molecule has 0 aliphatic rings. The Morgan fingerprint density at radius 1 is 1.47 bits per heavy atom. The summed E-state index contributed by atoms with van der Waals surface area (Å²) in [5.41, 5.74) is -1.53. The van der Waals surface area contributed by atoms with E-state index in [0.717, 1.165) is 12.1 Å². The molecule has 0 radical (unpaired) electrons. The van der Waals surface area contributed by atoms with E-state index < -0.39 is 23.1 Å². The maximum Gasteiger partial charge on any atom is 0.330 e. The summed E-state index contributed by atoms with van der Waals surface area (Å²) in [7, 11) is 1.17. The van der Waals surface area contributed by atoms with Crippen molar-refractivity contribution in [2.75, 3.05) is 13.7 Å². The van der Waals surface area contributed by atoms with Gasteiger partial charge in [-0.2, -0.15) is 0 Å². The molecule has 1 atom stereocenters. The number of ether oxygens (including phenoxy) is 1. The van der Waals surface area contributed by atoms with E-state index in [-0.39, 0.29) is 17.7 Å².